The highest BCUT2D eigenvalue weighted by molar-refractivity contribution is 6.33. The van der Waals surface area contributed by atoms with Gasteiger partial charge in [-0.25, -0.2) is 0 Å². The van der Waals surface area contributed by atoms with Crippen molar-refractivity contribution in [3.63, 3.8) is 0 Å². The van der Waals surface area contributed by atoms with Crippen molar-refractivity contribution in [3.8, 4) is 0 Å². The number of nitrogens with zero attached hydrogens (tertiary/aromatic N) is 2. The van der Waals surface area contributed by atoms with Crippen molar-refractivity contribution in [1.29, 1.82) is 0 Å². The Labute approximate surface area is 164 Å². The van der Waals surface area contributed by atoms with Gasteiger partial charge in [0.25, 0.3) is 0 Å². The number of anilines is 2. The Balaban J connectivity index is 1.60. The van der Waals surface area contributed by atoms with E-state index in [0.29, 0.717) is 23.8 Å². The van der Waals surface area contributed by atoms with Crippen LogP contribution in [0.15, 0.2) is 54.6 Å². The molecule has 2 aromatic rings. The molecule has 2 aromatic carbocycles. The number of carbonyl (C=O) groups excluding carboxylic acids is 2. The maximum absolute atomic E-state index is 12.1. The maximum atomic E-state index is 12.1. The second kappa shape index (κ2) is 8.73. The van der Waals surface area contributed by atoms with Gasteiger partial charge >= 0.3 is 0 Å². The van der Waals surface area contributed by atoms with E-state index < -0.39 is 0 Å². The molecule has 2 amide bonds. The number of rotatable bonds is 4. The molecule has 3 rings (SSSR count). The normalized spacial score (nSPS) is 14.4. The molecule has 5 nitrogen and oxygen atoms in total. The number of piperazine rings is 1. The van der Waals surface area contributed by atoms with E-state index in [9.17, 15) is 9.59 Å². The van der Waals surface area contributed by atoms with Crippen molar-refractivity contribution in [2.75, 3.05) is 36.4 Å². The van der Waals surface area contributed by atoms with E-state index in [-0.39, 0.29) is 11.8 Å². The van der Waals surface area contributed by atoms with Crippen molar-refractivity contribution < 1.29 is 9.59 Å². The van der Waals surface area contributed by atoms with Crippen LogP contribution in [0.1, 0.15) is 12.5 Å². The van der Waals surface area contributed by atoms with Gasteiger partial charge < -0.3 is 15.1 Å². The molecule has 1 N–H and O–H groups in total. The van der Waals surface area contributed by atoms with Gasteiger partial charge in [-0.15, -0.1) is 0 Å². The second-order valence-corrected chi connectivity index (χ2v) is 6.80. The minimum atomic E-state index is -0.210. The van der Waals surface area contributed by atoms with Crippen LogP contribution in [0, 0.1) is 0 Å². The van der Waals surface area contributed by atoms with Crippen LogP contribution in [-0.2, 0) is 9.59 Å². The van der Waals surface area contributed by atoms with Gasteiger partial charge in [-0.05, 0) is 29.8 Å². The third-order valence-corrected chi connectivity index (χ3v) is 4.81. The van der Waals surface area contributed by atoms with E-state index in [4.69, 9.17) is 11.6 Å². The van der Waals surface area contributed by atoms with Crippen LogP contribution in [-0.4, -0.2) is 42.9 Å². The standard InChI is InChI=1S/C21H22ClN3O2/c1-16(26)24-11-13-25(14-12-24)20-9-8-18(15-19(20)22)23-21(27)10-7-17-5-3-2-4-6-17/h2-10,15H,11-14H2,1H3,(H,23,27)/b10-7+. The summed E-state index contributed by atoms with van der Waals surface area (Å²) >= 11 is 6.43. The Morgan fingerprint density at radius 2 is 1.74 bits per heavy atom. The largest absolute Gasteiger partial charge is 0.367 e. The number of hydrogen-bond acceptors (Lipinski definition) is 3. The van der Waals surface area contributed by atoms with E-state index in [2.05, 4.69) is 10.2 Å². The van der Waals surface area contributed by atoms with Gasteiger partial charge in [0.1, 0.15) is 0 Å². The lowest BCUT2D eigenvalue weighted by Crippen LogP contribution is -2.48. The molecule has 0 radical (unpaired) electrons. The van der Waals surface area contributed by atoms with Crippen molar-refractivity contribution in [3.05, 3.63) is 65.2 Å². The van der Waals surface area contributed by atoms with Gasteiger partial charge in [0, 0.05) is 44.9 Å². The monoisotopic (exact) mass is 383 g/mol. The number of halogens is 1. The SMILES string of the molecule is CC(=O)N1CCN(c2ccc(NC(=O)/C=C/c3ccccc3)cc2Cl)CC1. The quantitative estimate of drug-likeness (QED) is 0.820. The lowest BCUT2D eigenvalue weighted by molar-refractivity contribution is -0.129. The molecular weight excluding hydrogens is 362 g/mol. The third kappa shape index (κ3) is 5.11. The molecule has 0 saturated carbocycles. The minimum absolute atomic E-state index is 0.0994. The van der Waals surface area contributed by atoms with E-state index in [1.807, 2.05) is 47.4 Å². The molecule has 27 heavy (non-hydrogen) atoms. The highest BCUT2D eigenvalue weighted by Crippen LogP contribution is 2.29. The average Bonchev–Trinajstić information content (AvgIpc) is 2.67. The summed E-state index contributed by atoms with van der Waals surface area (Å²) in [6, 6.07) is 15.1. The van der Waals surface area contributed by atoms with Crippen LogP contribution >= 0.6 is 11.6 Å². The van der Waals surface area contributed by atoms with Crippen LogP contribution in [0.2, 0.25) is 5.02 Å². The zero-order chi connectivity index (χ0) is 19.2. The molecule has 1 heterocycles. The summed E-state index contributed by atoms with van der Waals surface area (Å²) in [5, 5.41) is 3.40. The lowest BCUT2D eigenvalue weighted by atomic mass is 10.2. The summed E-state index contributed by atoms with van der Waals surface area (Å²) in [6.07, 6.45) is 3.26. The zero-order valence-corrected chi connectivity index (χ0v) is 15.9. The van der Waals surface area contributed by atoms with Crippen LogP contribution in [0.5, 0.6) is 0 Å². The highest BCUT2D eigenvalue weighted by Gasteiger charge is 2.20. The summed E-state index contributed by atoms with van der Waals surface area (Å²) in [5.74, 6) is -0.111. The zero-order valence-electron chi connectivity index (χ0n) is 15.2. The summed E-state index contributed by atoms with van der Waals surface area (Å²) in [5.41, 5.74) is 2.53. The fourth-order valence-corrected chi connectivity index (χ4v) is 3.32. The van der Waals surface area contributed by atoms with Crippen LogP contribution in [0.4, 0.5) is 11.4 Å². The second-order valence-electron chi connectivity index (χ2n) is 6.39. The number of benzene rings is 2. The van der Waals surface area contributed by atoms with Crippen molar-refractivity contribution >= 4 is 40.9 Å². The maximum Gasteiger partial charge on any atom is 0.248 e. The first-order valence-corrected chi connectivity index (χ1v) is 9.25. The molecule has 140 valence electrons. The molecule has 1 aliphatic rings. The number of amides is 2. The molecule has 0 bridgehead atoms. The molecule has 0 aromatic heterocycles. The van der Waals surface area contributed by atoms with Crippen molar-refractivity contribution in [2.24, 2.45) is 0 Å². The van der Waals surface area contributed by atoms with Crippen molar-refractivity contribution in [2.45, 2.75) is 6.92 Å². The van der Waals surface area contributed by atoms with E-state index in [0.717, 1.165) is 24.3 Å². The van der Waals surface area contributed by atoms with E-state index >= 15 is 0 Å². The lowest BCUT2D eigenvalue weighted by Gasteiger charge is -2.36. The van der Waals surface area contributed by atoms with Gasteiger partial charge in [-0.1, -0.05) is 41.9 Å². The molecule has 6 heteroatoms. The van der Waals surface area contributed by atoms with Crippen LogP contribution in [0.25, 0.3) is 6.08 Å². The van der Waals surface area contributed by atoms with E-state index in [1.54, 1.807) is 19.1 Å². The Hall–Kier alpha value is -2.79. The molecule has 0 spiro atoms. The molecule has 1 aliphatic heterocycles. The van der Waals surface area contributed by atoms with Gasteiger partial charge in [0.05, 0.1) is 10.7 Å². The minimum Gasteiger partial charge on any atom is -0.367 e. The summed E-state index contributed by atoms with van der Waals surface area (Å²) in [6.45, 7) is 4.45. The Bertz CT molecular complexity index is 844. The first-order valence-electron chi connectivity index (χ1n) is 8.87. The fourth-order valence-electron chi connectivity index (χ4n) is 3.02. The fraction of sp³-hybridized carbons (Fsp3) is 0.238. The summed E-state index contributed by atoms with van der Waals surface area (Å²) < 4.78 is 0. The highest BCUT2D eigenvalue weighted by atomic mass is 35.5. The van der Waals surface area contributed by atoms with Gasteiger partial charge in [0.15, 0.2) is 0 Å². The smallest absolute Gasteiger partial charge is 0.248 e. The predicted octanol–water partition coefficient (Wildman–Crippen LogP) is 3.66. The predicted molar refractivity (Wildman–Crippen MR) is 110 cm³/mol. The number of carbonyl (C=O) groups is 2. The van der Waals surface area contributed by atoms with Crippen LogP contribution in [0.3, 0.4) is 0 Å². The molecule has 1 fully saturated rings. The summed E-state index contributed by atoms with van der Waals surface area (Å²) in [7, 11) is 0. The van der Waals surface area contributed by atoms with Crippen LogP contribution < -0.4 is 10.2 Å². The average molecular weight is 384 g/mol. The first-order chi connectivity index (χ1) is 13.0. The molecular formula is C21H22ClN3O2. The molecule has 0 unspecified atom stereocenters. The summed E-state index contributed by atoms with van der Waals surface area (Å²) in [4.78, 5) is 27.5. The van der Waals surface area contributed by atoms with Crippen molar-refractivity contribution in [1.82, 2.24) is 4.90 Å². The van der Waals surface area contributed by atoms with Gasteiger partial charge in [-0.3, -0.25) is 9.59 Å². The molecule has 0 aliphatic carbocycles. The number of hydrogen-bond donors (Lipinski definition) is 1. The first kappa shape index (κ1) is 19.0. The van der Waals surface area contributed by atoms with Gasteiger partial charge in [0.2, 0.25) is 11.8 Å². The topological polar surface area (TPSA) is 52.7 Å². The molecule has 1 saturated heterocycles. The number of nitrogens with one attached hydrogen (secondary N) is 1. The Morgan fingerprint density at radius 3 is 2.37 bits per heavy atom. The van der Waals surface area contributed by atoms with Gasteiger partial charge in [-0.2, -0.15) is 0 Å². The molecule has 0 atom stereocenters. The Morgan fingerprint density at radius 1 is 1.04 bits per heavy atom. The Kier molecular flexibility index (Phi) is 6.14. The van der Waals surface area contributed by atoms with E-state index in [1.165, 1.54) is 6.08 Å². The third-order valence-electron chi connectivity index (χ3n) is 4.51.